The lowest BCUT2D eigenvalue weighted by atomic mass is 10.1. The first-order chi connectivity index (χ1) is 9.38. The second-order valence-corrected chi connectivity index (χ2v) is 6.25. The van der Waals surface area contributed by atoms with Crippen molar-refractivity contribution in [3.8, 4) is 0 Å². The Labute approximate surface area is 140 Å². The number of hydrogen-bond acceptors (Lipinski definition) is 2. The van der Waals surface area contributed by atoms with E-state index in [1.54, 1.807) is 0 Å². The number of amides is 1. The highest BCUT2D eigenvalue weighted by Crippen LogP contribution is 2.29. The number of rotatable bonds is 2. The van der Waals surface area contributed by atoms with E-state index in [-0.39, 0.29) is 21.6 Å². The summed E-state index contributed by atoms with van der Waals surface area (Å²) in [6.45, 7) is 2.01. The number of carbonyl (C=O) groups excluding carboxylic acids is 1. The smallest absolute Gasteiger partial charge is 0.255 e. The first kappa shape index (κ1) is 15.4. The summed E-state index contributed by atoms with van der Waals surface area (Å²) in [5.74, 6) is -0.284. The van der Waals surface area contributed by atoms with Crippen molar-refractivity contribution in [1.29, 1.82) is 0 Å². The summed E-state index contributed by atoms with van der Waals surface area (Å²) in [4.78, 5) is 12.2. The SMILES string of the molecule is Cc1ccc(NC(=O)c2cc(Cl)c(N)c(Cl)c2)cc1I. The molecule has 0 spiro atoms. The fraction of sp³-hybridized carbons (Fsp3) is 0.0714. The normalized spacial score (nSPS) is 10.4. The number of halogens is 3. The van der Waals surface area contributed by atoms with Gasteiger partial charge in [0.05, 0.1) is 15.7 Å². The summed E-state index contributed by atoms with van der Waals surface area (Å²) >= 11 is 14.1. The van der Waals surface area contributed by atoms with Gasteiger partial charge in [-0.1, -0.05) is 29.3 Å². The molecule has 0 aliphatic carbocycles. The Kier molecular flexibility index (Phi) is 4.78. The summed E-state index contributed by atoms with van der Waals surface area (Å²) in [5.41, 5.74) is 8.15. The number of nitrogen functional groups attached to an aromatic ring is 1. The lowest BCUT2D eigenvalue weighted by Crippen LogP contribution is -2.12. The Morgan fingerprint density at radius 3 is 2.35 bits per heavy atom. The molecule has 0 aromatic heterocycles. The van der Waals surface area contributed by atoms with Gasteiger partial charge in [-0.25, -0.2) is 0 Å². The monoisotopic (exact) mass is 420 g/mol. The molecule has 1 amide bonds. The molecular formula is C14H11Cl2IN2O. The fourth-order valence-corrected chi connectivity index (χ4v) is 2.59. The molecule has 0 aliphatic heterocycles. The predicted molar refractivity (Wildman–Crippen MR) is 92.7 cm³/mol. The first-order valence-corrected chi connectivity index (χ1v) is 7.54. The van der Waals surface area contributed by atoms with E-state index in [1.165, 1.54) is 12.1 Å². The van der Waals surface area contributed by atoms with Crippen molar-refractivity contribution in [2.75, 3.05) is 11.1 Å². The molecule has 0 saturated carbocycles. The van der Waals surface area contributed by atoms with E-state index >= 15 is 0 Å². The number of aryl methyl sites for hydroxylation is 1. The number of nitrogens with one attached hydrogen (secondary N) is 1. The Morgan fingerprint density at radius 2 is 1.80 bits per heavy atom. The van der Waals surface area contributed by atoms with Crippen molar-refractivity contribution >= 4 is 63.1 Å². The molecule has 0 bridgehead atoms. The van der Waals surface area contributed by atoms with Crippen LogP contribution >= 0.6 is 45.8 Å². The van der Waals surface area contributed by atoms with Crippen LogP contribution in [0.1, 0.15) is 15.9 Å². The molecule has 0 saturated heterocycles. The van der Waals surface area contributed by atoms with Crippen LogP contribution in [0.4, 0.5) is 11.4 Å². The highest BCUT2D eigenvalue weighted by atomic mass is 127. The molecule has 0 heterocycles. The third-order valence-electron chi connectivity index (χ3n) is 2.77. The molecule has 0 aliphatic rings. The minimum Gasteiger partial charge on any atom is -0.396 e. The van der Waals surface area contributed by atoms with Gasteiger partial charge in [-0.15, -0.1) is 0 Å². The Hall–Kier alpha value is -0.980. The first-order valence-electron chi connectivity index (χ1n) is 5.70. The van der Waals surface area contributed by atoms with Gasteiger partial charge in [-0.05, 0) is 59.3 Å². The topological polar surface area (TPSA) is 55.1 Å². The van der Waals surface area contributed by atoms with Crippen LogP contribution in [0, 0.1) is 10.5 Å². The van der Waals surface area contributed by atoms with Gasteiger partial charge >= 0.3 is 0 Å². The number of carbonyl (C=O) groups is 1. The van der Waals surface area contributed by atoms with Crippen LogP contribution in [-0.2, 0) is 0 Å². The van der Waals surface area contributed by atoms with Gasteiger partial charge in [0, 0.05) is 14.8 Å². The number of benzene rings is 2. The quantitative estimate of drug-likeness (QED) is 0.544. The Morgan fingerprint density at radius 1 is 1.20 bits per heavy atom. The van der Waals surface area contributed by atoms with Crippen LogP contribution in [0.5, 0.6) is 0 Å². The molecule has 3 N–H and O–H groups in total. The maximum absolute atomic E-state index is 12.2. The predicted octanol–water partition coefficient (Wildman–Crippen LogP) is 4.74. The average molecular weight is 421 g/mol. The van der Waals surface area contributed by atoms with Crippen molar-refractivity contribution in [3.63, 3.8) is 0 Å². The van der Waals surface area contributed by atoms with Crippen LogP contribution in [0.3, 0.4) is 0 Å². The van der Waals surface area contributed by atoms with Crippen molar-refractivity contribution < 1.29 is 4.79 Å². The molecule has 6 heteroatoms. The molecule has 0 unspecified atom stereocenters. The van der Waals surface area contributed by atoms with E-state index < -0.39 is 0 Å². The van der Waals surface area contributed by atoms with Gasteiger partial charge in [0.2, 0.25) is 0 Å². The van der Waals surface area contributed by atoms with Gasteiger partial charge in [-0.2, -0.15) is 0 Å². The van der Waals surface area contributed by atoms with E-state index in [2.05, 4.69) is 27.9 Å². The van der Waals surface area contributed by atoms with Gasteiger partial charge in [0.25, 0.3) is 5.91 Å². The minimum absolute atomic E-state index is 0.265. The molecule has 2 aromatic rings. The van der Waals surface area contributed by atoms with Crippen LogP contribution in [-0.4, -0.2) is 5.91 Å². The lowest BCUT2D eigenvalue weighted by molar-refractivity contribution is 0.102. The van der Waals surface area contributed by atoms with Crippen molar-refractivity contribution in [2.24, 2.45) is 0 Å². The Bertz CT molecular complexity index is 666. The fourth-order valence-electron chi connectivity index (χ4n) is 1.59. The zero-order chi connectivity index (χ0) is 14.9. The molecule has 0 atom stereocenters. The highest BCUT2D eigenvalue weighted by Gasteiger charge is 2.11. The molecule has 2 rings (SSSR count). The molecule has 0 radical (unpaired) electrons. The van der Waals surface area contributed by atoms with Crippen LogP contribution in [0.2, 0.25) is 10.0 Å². The molecule has 2 aromatic carbocycles. The summed E-state index contributed by atoms with van der Waals surface area (Å²) in [6, 6.07) is 8.68. The zero-order valence-corrected chi connectivity index (χ0v) is 14.2. The van der Waals surface area contributed by atoms with Gasteiger partial charge in [-0.3, -0.25) is 4.79 Å². The van der Waals surface area contributed by atoms with E-state index in [1.807, 2.05) is 25.1 Å². The number of nitrogens with two attached hydrogens (primary N) is 1. The molecule has 20 heavy (non-hydrogen) atoms. The van der Waals surface area contributed by atoms with Gasteiger partial charge in [0.15, 0.2) is 0 Å². The van der Waals surface area contributed by atoms with Crippen LogP contribution in [0.25, 0.3) is 0 Å². The molecule has 104 valence electrons. The van der Waals surface area contributed by atoms with E-state index in [0.717, 1.165) is 9.13 Å². The third kappa shape index (κ3) is 3.37. The second kappa shape index (κ2) is 6.20. The second-order valence-electron chi connectivity index (χ2n) is 4.27. The van der Waals surface area contributed by atoms with Crippen LogP contribution < -0.4 is 11.1 Å². The standard InChI is InChI=1S/C14H11Cl2IN2O/c1-7-2-3-9(6-12(7)17)19-14(20)8-4-10(15)13(18)11(16)5-8/h2-6H,18H2,1H3,(H,19,20). The largest absolute Gasteiger partial charge is 0.396 e. The van der Waals surface area contributed by atoms with Gasteiger partial charge < -0.3 is 11.1 Å². The minimum atomic E-state index is -0.284. The zero-order valence-electron chi connectivity index (χ0n) is 10.5. The summed E-state index contributed by atoms with van der Waals surface area (Å²) in [5, 5.41) is 3.33. The highest BCUT2D eigenvalue weighted by molar-refractivity contribution is 14.1. The maximum atomic E-state index is 12.2. The average Bonchev–Trinajstić information content (AvgIpc) is 2.39. The summed E-state index contributed by atoms with van der Waals surface area (Å²) < 4.78 is 1.08. The van der Waals surface area contributed by atoms with E-state index in [4.69, 9.17) is 28.9 Å². The third-order valence-corrected chi connectivity index (χ3v) is 4.56. The van der Waals surface area contributed by atoms with E-state index in [9.17, 15) is 4.79 Å². The number of anilines is 2. The van der Waals surface area contributed by atoms with Crippen molar-refractivity contribution in [1.82, 2.24) is 0 Å². The molecular weight excluding hydrogens is 410 g/mol. The maximum Gasteiger partial charge on any atom is 0.255 e. The Balaban J connectivity index is 2.26. The van der Waals surface area contributed by atoms with Crippen molar-refractivity contribution in [2.45, 2.75) is 6.92 Å². The molecule has 0 fully saturated rings. The number of hydrogen-bond donors (Lipinski definition) is 2. The van der Waals surface area contributed by atoms with Crippen molar-refractivity contribution in [3.05, 3.63) is 55.1 Å². The summed E-state index contributed by atoms with van der Waals surface area (Å²) in [7, 11) is 0. The molecule has 3 nitrogen and oxygen atoms in total. The van der Waals surface area contributed by atoms with Gasteiger partial charge in [0.1, 0.15) is 0 Å². The van der Waals surface area contributed by atoms with E-state index in [0.29, 0.717) is 11.3 Å². The summed E-state index contributed by atoms with van der Waals surface area (Å²) in [6.07, 6.45) is 0. The van der Waals surface area contributed by atoms with Crippen LogP contribution in [0.15, 0.2) is 30.3 Å². The lowest BCUT2D eigenvalue weighted by Gasteiger charge is -2.09.